The molecule has 0 saturated heterocycles. The predicted molar refractivity (Wildman–Crippen MR) is 78.5 cm³/mol. The Kier molecular flexibility index (Phi) is 3.71. The van der Waals surface area contributed by atoms with Crippen molar-refractivity contribution >= 4 is 21.8 Å². The van der Waals surface area contributed by atoms with Crippen LogP contribution >= 0.6 is 0 Å². The third kappa shape index (κ3) is 3.23. The molecule has 2 aromatic carbocycles. The zero-order chi connectivity index (χ0) is 13.9. The Hall–Kier alpha value is -2.07. The minimum absolute atomic E-state index is 0.264. The smallest absolute Gasteiger partial charge is 0.261 e. The Labute approximate surface area is 113 Å². The van der Waals surface area contributed by atoms with Gasteiger partial charge in [0.2, 0.25) is 0 Å². The van der Waals surface area contributed by atoms with E-state index in [9.17, 15) is 8.42 Å². The molecular weight excluding hydrogens is 258 g/mol. The first kappa shape index (κ1) is 13.4. The molecule has 0 saturated carbocycles. The molecule has 0 spiro atoms. The predicted octanol–water partition coefficient (Wildman–Crippen LogP) is 3.44. The maximum absolute atomic E-state index is 12.2. The van der Waals surface area contributed by atoms with Crippen LogP contribution in [-0.2, 0) is 10.0 Å². The molecule has 0 radical (unpaired) electrons. The van der Waals surface area contributed by atoms with Crippen molar-refractivity contribution in [2.75, 3.05) is 4.72 Å². The van der Waals surface area contributed by atoms with Gasteiger partial charge in [0.25, 0.3) is 10.0 Å². The van der Waals surface area contributed by atoms with Crippen LogP contribution in [0.1, 0.15) is 11.1 Å². The highest BCUT2D eigenvalue weighted by Crippen LogP contribution is 2.17. The summed E-state index contributed by atoms with van der Waals surface area (Å²) in [6, 6.07) is 13.8. The summed E-state index contributed by atoms with van der Waals surface area (Å²) in [4.78, 5) is 0.264. The molecule has 0 heterocycles. The first-order valence-corrected chi connectivity index (χ1v) is 7.31. The quantitative estimate of drug-likeness (QED) is 0.927. The Morgan fingerprint density at radius 2 is 1.79 bits per heavy atom. The van der Waals surface area contributed by atoms with Crippen molar-refractivity contribution in [3.05, 3.63) is 66.2 Å². The zero-order valence-electron chi connectivity index (χ0n) is 10.6. The Morgan fingerprint density at radius 1 is 1.11 bits per heavy atom. The van der Waals surface area contributed by atoms with Gasteiger partial charge in [0.1, 0.15) is 0 Å². The molecule has 19 heavy (non-hydrogen) atoms. The number of hydrogen-bond donors (Lipinski definition) is 1. The van der Waals surface area contributed by atoms with E-state index in [4.69, 9.17) is 0 Å². The first-order chi connectivity index (χ1) is 9.01. The van der Waals surface area contributed by atoms with E-state index in [-0.39, 0.29) is 4.90 Å². The molecule has 0 aliphatic rings. The second kappa shape index (κ2) is 5.28. The van der Waals surface area contributed by atoms with Crippen molar-refractivity contribution in [3.63, 3.8) is 0 Å². The largest absolute Gasteiger partial charge is 0.280 e. The summed E-state index contributed by atoms with van der Waals surface area (Å²) in [7, 11) is -3.53. The van der Waals surface area contributed by atoms with Crippen LogP contribution in [0.5, 0.6) is 0 Å². The van der Waals surface area contributed by atoms with Crippen LogP contribution in [0, 0.1) is 6.92 Å². The molecule has 1 N–H and O–H groups in total. The molecule has 98 valence electrons. The monoisotopic (exact) mass is 273 g/mol. The molecule has 0 unspecified atom stereocenters. The van der Waals surface area contributed by atoms with Crippen LogP contribution in [-0.4, -0.2) is 8.42 Å². The van der Waals surface area contributed by atoms with E-state index in [1.165, 1.54) is 0 Å². The van der Waals surface area contributed by atoms with Crippen LogP contribution in [0.15, 0.2) is 60.0 Å². The first-order valence-electron chi connectivity index (χ1n) is 5.83. The fourth-order valence-electron chi connectivity index (χ4n) is 1.68. The fraction of sp³-hybridized carbons (Fsp3) is 0.0667. The molecule has 0 atom stereocenters. The van der Waals surface area contributed by atoms with Crippen molar-refractivity contribution < 1.29 is 8.42 Å². The van der Waals surface area contributed by atoms with Gasteiger partial charge in [-0.05, 0) is 42.3 Å². The van der Waals surface area contributed by atoms with Crippen LogP contribution in [0.4, 0.5) is 5.69 Å². The number of sulfonamides is 1. The maximum Gasteiger partial charge on any atom is 0.261 e. The van der Waals surface area contributed by atoms with Crippen molar-refractivity contribution in [1.29, 1.82) is 0 Å². The molecule has 0 bridgehead atoms. The normalized spacial score (nSPS) is 11.0. The van der Waals surface area contributed by atoms with E-state index in [1.807, 2.05) is 13.0 Å². The lowest BCUT2D eigenvalue weighted by atomic mass is 10.2. The van der Waals surface area contributed by atoms with Crippen LogP contribution < -0.4 is 4.72 Å². The van der Waals surface area contributed by atoms with Crippen LogP contribution in [0.2, 0.25) is 0 Å². The highest BCUT2D eigenvalue weighted by atomic mass is 32.2. The van der Waals surface area contributed by atoms with E-state index in [0.717, 1.165) is 11.1 Å². The summed E-state index contributed by atoms with van der Waals surface area (Å²) in [5.74, 6) is 0. The molecule has 4 heteroatoms. The van der Waals surface area contributed by atoms with Gasteiger partial charge in [-0.15, -0.1) is 0 Å². The van der Waals surface area contributed by atoms with E-state index >= 15 is 0 Å². The third-order valence-electron chi connectivity index (χ3n) is 2.70. The summed E-state index contributed by atoms with van der Waals surface area (Å²) in [5, 5.41) is 0. The number of rotatable bonds is 4. The highest BCUT2D eigenvalue weighted by Gasteiger charge is 2.13. The molecule has 0 amide bonds. The summed E-state index contributed by atoms with van der Waals surface area (Å²) < 4.78 is 26.9. The Bertz CT molecular complexity index is 688. The van der Waals surface area contributed by atoms with E-state index < -0.39 is 10.0 Å². The number of nitrogens with one attached hydrogen (secondary N) is 1. The van der Waals surface area contributed by atoms with Gasteiger partial charge in [0.05, 0.1) is 4.90 Å². The molecular formula is C15H15NO2S. The fourth-order valence-corrected chi connectivity index (χ4v) is 2.85. The molecule has 0 aromatic heterocycles. The molecule has 2 aromatic rings. The van der Waals surface area contributed by atoms with Gasteiger partial charge in [-0.3, -0.25) is 4.72 Å². The second-order valence-corrected chi connectivity index (χ2v) is 5.93. The standard InChI is InChI=1S/C15H15NO2S/c1-3-13-7-9-14(10-8-13)16-19(17,18)15-6-4-5-12(2)11-15/h3-11,16H,1H2,2H3. The number of aryl methyl sites for hydroxylation is 1. The Morgan fingerprint density at radius 3 is 2.37 bits per heavy atom. The van der Waals surface area contributed by atoms with Crippen molar-refractivity contribution in [2.45, 2.75) is 11.8 Å². The molecule has 0 aliphatic heterocycles. The lowest BCUT2D eigenvalue weighted by Gasteiger charge is -2.08. The van der Waals surface area contributed by atoms with E-state index in [0.29, 0.717) is 5.69 Å². The summed E-state index contributed by atoms with van der Waals surface area (Å²) in [6.07, 6.45) is 1.71. The van der Waals surface area contributed by atoms with Crippen LogP contribution in [0.25, 0.3) is 6.08 Å². The van der Waals surface area contributed by atoms with Gasteiger partial charge in [-0.2, -0.15) is 0 Å². The topological polar surface area (TPSA) is 46.2 Å². The highest BCUT2D eigenvalue weighted by molar-refractivity contribution is 7.92. The van der Waals surface area contributed by atoms with E-state index in [1.54, 1.807) is 48.5 Å². The number of benzene rings is 2. The lowest BCUT2D eigenvalue weighted by Crippen LogP contribution is -2.12. The molecule has 2 rings (SSSR count). The summed E-state index contributed by atoms with van der Waals surface area (Å²) in [6.45, 7) is 5.51. The van der Waals surface area contributed by atoms with E-state index in [2.05, 4.69) is 11.3 Å². The zero-order valence-corrected chi connectivity index (χ0v) is 11.4. The van der Waals surface area contributed by atoms with Crippen molar-refractivity contribution in [3.8, 4) is 0 Å². The minimum Gasteiger partial charge on any atom is -0.280 e. The average molecular weight is 273 g/mol. The minimum atomic E-state index is -3.53. The molecule has 0 aliphatic carbocycles. The summed E-state index contributed by atoms with van der Waals surface area (Å²) >= 11 is 0. The second-order valence-electron chi connectivity index (χ2n) is 4.25. The van der Waals surface area contributed by atoms with Crippen molar-refractivity contribution in [1.82, 2.24) is 0 Å². The van der Waals surface area contributed by atoms with Gasteiger partial charge in [-0.1, -0.05) is 36.9 Å². The SMILES string of the molecule is C=Cc1ccc(NS(=O)(=O)c2cccc(C)c2)cc1. The molecule has 0 fully saturated rings. The van der Waals surface area contributed by atoms with Gasteiger partial charge in [0, 0.05) is 5.69 Å². The lowest BCUT2D eigenvalue weighted by molar-refractivity contribution is 0.601. The van der Waals surface area contributed by atoms with Gasteiger partial charge >= 0.3 is 0 Å². The number of hydrogen-bond acceptors (Lipinski definition) is 2. The van der Waals surface area contributed by atoms with Crippen molar-refractivity contribution in [2.24, 2.45) is 0 Å². The maximum atomic E-state index is 12.2. The van der Waals surface area contributed by atoms with Gasteiger partial charge < -0.3 is 0 Å². The third-order valence-corrected chi connectivity index (χ3v) is 4.08. The molecule has 3 nitrogen and oxygen atoms in total. The Balaban J connectivity index is 2.28. The van der Waals surface area contributed by atoms with Gasteiger partial charge in [-0.25, -0.2) is 8.42 Å². The van der Waals surface area contributed by atoms with Crippen LogP contribution in [0.3, 0.4) is 0 Å². The number of anilines is 1. The van der Waals surface area contributed by atoms with Gasteiger partial charge in [0.15, 0.2) is 0 Å². The summed E-state index contributed by atoms with van der Waals surface area (Å²) in [5.41, 5.74) is 2.38. The average Bonchev–Trinajstić information content (AvgIpc) is 2.39.